The molecule has 0 saturated heterocycles. The van der Waals surface area contributed by atoms with E-state index in [4.69, 9.17) is 4.74 Å². The highest BCUT2D eigenvalue weighted by molar-refractivity contribution is 5.92. The summed E-state index contributed by atoms with van der Waals surface area (Å²) >= 11 is 0. The summed E-state index contributed by atoms with van der Waals surface area (Å²) in [5, 5.41) is 13.4. The topological polar surface area (TPSA) is 98.5 Å². The number of amides is 1. The lowest BCUT2D eigenvalue weighted by Gasteiger charge is -2.14. The van der Waals surface area contributed by atoms with E-state index in [1.54, 1.807) is 12.1 Å². The van der Waals surface area contributed by atoms with E-state index in [-0.39, 0.29) is 17.1 Å². The van der Waals surface area contributed by atoms with Crippen molar-refractivity contribution in [3.05, 3.63) is 75.1 Å². The fourth-order valence-corrected chi connectivity index (χ4v) is 2.39. The Morgan fingerprint density at radius 1 is 1.22 bits per heavy atom. The number of benzene rings is 2. The molecule has 7 nitrogen and oxygen atoms in total. The van der Waals surface area contributed by atoms with Gasteiger partial charge in [-0.2, -0.15) is 0 Å². The number of carbonyl (C=O) groups is 2. The monoisotopic (exact) mass is 374 g/mol. The molecule has 0 aliphatic carbocycles. The molecule has 0 unspecified atom stereocenters. The number of hydrogen-bond acceptors (Lipinski definition) is 5. The number of hydrogen-bond donors (Lipinski definition) is 1. The Morgan fingerprint density at radius 3 is 2.48 bits per heavy atom. The van der Waals surface area contributed by atoms with Gasteiger partial charge in [-0.15, -0.1) is 0 Å². The number of aryl methyl sites for hydroxylation is 1. The maximum atomic E-state index is 12.8. The maximum absolute atomic E-state index is 12.8. The number of nitrogens with zero attached hydrogens (tertiary/aromatic N) is 1. The van der Waals surface area contributed by atoms with Gasteiger partial charge in [0.15, 0.2) is 6.10 Å². The lowest BCUT2D eigenvalue weighted by Crippen LogP contribution is -2.36. The number of ether oxygens (including phenoxy) is 1. The minimum atomic E-state index is -1.03. The minimum Gasteiger partial charge on any atom is -0.449 e. The third-order valence-electron chi connectivity index (χ3n) is 3.91. The predicted octanol–water partition coefficient (Wildman–Crippen LogP) is 2.95. The SMILES string of the molecule is Cc1cc(C(=O)O[C@@H](C)C(=O)NCCc2ccc(F)cc2)ccc1[N+](=O)[O-]. The molecule has 0 fully saturated rings. The van der Waals surface area contributed by atoms with Crippen LogP contribution in [0.5, 0.6) is 0 Å². The molecule has 0 bridgehead atoms. The molecule has 0 heterocycles. The first-order valence-corrected chi connectivity index (χ1v) is 8.26. The molecule has 0 aliphatic heterocycles. The fraction of sp³-hybridized carbons (Fsp3) is 0.263. The summed E-state index contributed by atoms with van der Waals surface area (Å²) in [6, 6.07) is 9.79. The molecular weight excluding hydrogens is 355 g/mol. The predicted molar refractivity (Wildman–Crippen MR) is 95.8 cm³/mol. The number of esters is 1. The molecule has 27 heavy (non-hydrogen) atoms. The van der Waals surface area contributed by atoms with Crippen molar-refractivity contribution in [2.75, 3.05) is 6.54 Å². The van der Waals surface area contributed by atoms with Crippen LogP contribution in [0.4, 0.5) is 10.1 Å². The number of nitro benzene ring substituents is 1. The van der Waals surface area contributed by atoms with Crippen molar-refractivity contribution in [3.8, 4) is 0 Å². The van der Waals surface area contributed by atoms with Crippen molar-refractivity contribution in [2.45, 2.75) is 26.4 Å². The van der Waals surface area contributed by atoms with Crippen molar-refractivity contribution in [1.29, 1.82) is 0 Å². The van der Waals surface area contributed by atoms with E-state index in [1.165, 1.54) is 44.2 Å². The second-order valence-corrected chi connectivity index (χ2v) is 5.97. The van der Waals surface area contributed by atoms with Gasteiger partial charge in [0, 0.05) is 18.2 Å². The quantitative estimate of drug-likeness (QED) is 0.456. The molecule has 2 rings (SSSR count). The summed E-state index contributed by atoms with van der Waals surface area (Å²) in [6.07, 6.45) is -0.518. The average Bonchev–Trinajstić information content (AvgIpc) is 2.62. The van der Waals surface area contributed by atoms with E-state index < -0.39 is 22.9 Å². The molecule has 0 aliphatic rings. The first-order chi connectivity index (χ1) is 12.8. The molecule has 1 N–H and O–H groups in total. The fourth-order valence-electron chi connectivity index (χ4n) is 2.39. The summed E-state index contributed by atoms with van der Waals surface area (Å²) in [5.41, 5.74) is 1.22. The van der Waals surface area contributed by atoms with Gasteiger partial charge in [0.25, 0.3) is 11.6 Å². The van der Waals surface area contributed by atoms with E-state index in [1.807, 2.05) is 0 Å². The first kappa shape index (κ1) is 20.0. The summed E-state index contributed by atoms with van der Waals surface area (Å²) in [4.78, 5) is 34.4. The number of nitrogens with one attached hydrogen (secondary N) is 1. The first-order valence-electron chi connectivity index (χ1n) is 8.26. The Hall–Kier alpha value is -3.29. The van der Waals surface area contributed by atoms with Gasteiger partial charge in [-0.1, -0.05) is 12.1 Å². The van der Waals surface area contributed by atoms with Gasteiger partial charge in [0.2, 0.25) is 0 Å². The zero-order chi connectivity index (χ0) is 20.0. The molecule has 8 heteroatoms. The van der Waals surface area contributed by atoms with Gasteiger partial charge in [0.05, 0.1) is 10.5 Å². The van der Waals surface area contributed by atoms with Crippen molar-refractivity contribution in [3.63, 3.8) is 0 Å². The van der Waals surface area contributed by atoms with E-state index in [9.17, 15) is 24.1 Å². The number of rotatable bonds is 7. The summed E-state index contributed by atoms with van der Waals surface area (Å²) in [7, 11) is 0. The van der Waals surface area contributed by atoms with Gasteiger partial charge >= 0.3 is 5.97 Å². The van der Waals surface area contributed by atoms with Crippen molar-refractivity contribution < 1.29 is 23.6 Å². The molecule has 142 valence electrons. The van der Waals surface area contributed by atoms with Crippen LogP contribution in [0.3, 0.4) is 0 Å². The van der Waals surface area contributed by atoms with Gasteiger partial charge in [-0.3, -0.25) is 14.9 Å². The van der Waals surface area contributed by atoms with Gasteiger partial charge < -0.3 is 10.1 Å². The number of nitro groups is 1. The number of halogens is 1. The van der Waals surface area contributed by atoms with Crippen LogP contribution in [-0.2, 0) is 16.0 Å². The van der Waals surface area contributed by atoms with E-state index >= 15 is 0 Å². The van der Waals surface area contributed by atoms with Crippen molar-refractivity contribution in [2.24, 2.45) is 0 Å². The molecular formula is C19H19FN2O5. The van der Waals surface area contributed by atoms with Gasteiger partial charge in [0.1, 0.15) is 5.82 Å². The molecule has 1 atom stereocenters. The molecule has 1 amide bonds. The van der Waals surface area contributed by atoms with Crippen LogP contribution < -0.4 is 5.32 Å². The van der Waals surface area contributed by atoms with Crippen LogP contribution in [0.2, 0.25) is 0 Å². The largest absolute Gasteiger partial charge is 0.449 e. The van der Waals surface area contributed by atoms with E-state index in [0.29, 0.717) is 18.5 Å². The summed E-state index contributed by atoms with van der Waals surface area (Å²) < 4.78 is 17.9. The standard InChI is InChI=1S/C19H19FN2O5/c1-12-11-15(5-8-17(12)22(25)26)19(24)27-13(2)18(23)21-10-9-14-3-6-16(20)7-4-14/h3-8,11,13H,9-10H2,1-2H3,(H,21,23)/t13-/m0/s1. The normalized spacial score (nSPS) is 11.5. The van der Waals surface area contributed by atoms with E-state index in [2.05, 4.69) is 5.32 Å². The minimum absolute atomic E-state index is 0.0989. The van der Waals surface area contributed by atoms with Crippen molar-refractivity contribution in [1.82, 2.24) is 5.32 Å². The number of carbonyl (C=O) groups excluding carboxylic acids is 2. The molecule has 0 aromatic heterocycles. The Labute approximate surface area is 155 Å². The van der Waals surface area contributed by atoms with Crippen molar-refractivity contribution >= 4 is 17.6 Å². The van der Waals surface area contributed by atoms with Crippen LogP contribution in [0.15, 0.2) is 42.5 Å². The van der Waals surface area contributed by atoms with Crippen LogP contribution in [0.1, 0.15) is 28.4 Å². The average molecular weight is 374 g/mol. The van der Waals surface area contributed by atoms with Gasteiger partial charge in [-0.05, 0) is 50.1 Å². The van der Waals surface area contributed by atoms with Crippen LogP contribution in [-0.4, -0.2) is 29.4 Å². The maximum Gasteiger partial charge on any atom is 0.338 e. The van der Waals surface area contributed by atoms with Crippen LogP contribution in [0.25, 0.3) is 0 Å². The zero-order valence-corrected chi connectivity index (χ0v) is 14.9. The Balaban J connectivity index is 1.86. The lowest BCUT2D eigenvalue weighted by molar-refractivity contribution is -0.385. The molecule has 2 aromatic carbocycles. The zero-order valence-electron chi connectivity index (χ0n) is 14.9. The van der Waals surface area contributed by atoms with E-state index in [0.717, 1.165) is 5.56 Å². The lowest BCUT2D eigenvalue weighted by atomic mass is 10.1. The van der Waals surface area contributed by atoms with Gasteiger partial charge in [-0.25, -0.2) is 9.18 Å². The Kier molecular flexibility index (Phi) is 6.59. The smallest absolute Gasteiger partial charge is 0.338 e. The third kappa shape index (κ3) is 5.60. The summed E-state index contributed by atoms with van der Waals surface area (Å²) in [6.45, 7) is 3.26. The van der Waals surface area contributed by atoms with Crippen LogP contribution in [0, 0.1) is 22.9 Å². The highest BCUT2D eigenvalue weighted by atomic mass is 19.1. The Morgan fingerprint density at radius 2 is 1.89 bits per heavy atom. The summed E-state index contributed by atoms with van der Waals surface area (Å²) in [5.74, 6) is -1.54. The highest BCUT2D eigenvalue weighted by Crippen LogP contribution is 2.19. The Bertz CT molecular complexity index is 852. The second kappa shape index (κ2) is 8.88. The second-order valence-electron chi connectivity index (χ2n) is 5.97. The van der Waals surface area contributed by atoms with Crippen LogP contribution >= 0.6 is 0 Å². The molecule has 0 spiro atoms. The molecule has 2 aromatic rings. The highest BCUT2D eigenvalue weighted by Gasteiger charge is 2.20. The third-order valence-corrected chi connectivity index (χ3v) is 3.91. The molecule has 0 saturated carbocycles. The molecule has 0 radical (unpaired) electrons.